The molecule has 0 aromatic heterocycles. The molecule has 0 fully saturated rings. The Morgan fingerprint density at radius 2 is 0.757 bits per heavy atom. The number of aromatic carboxylic acids is 2. The average Bonchev–Trinajstić information content (AvgIpc) is 2.64. The normalized spacial score (nSPS) is 12.2. The molecule has 0 radical (unpaired) electrons. The second-order valence-corrected chi connectivity index (χ2v) is 13.5. The summed E-state index contributed by atoms with van der Waals surface area (Å²) in [4.78, 5) is 22.4. The van der Waals surface area contributed by atoms with Gasteiger partial charge in [0, 0.05) is 28.5 Å². The number of rotatable bonds is 2. The molecule has 7 heteroatoms. The summed E-state index contributed by atoms with van der Waals surface area (Å²) in [5.74, 6) is -2.43. The van der Waals surface area contributed by atoms with Gasteiger partial charge in [-0.2, -0.15) is 0 Å². The third kappa shape index (κ3) is 8.80. The second kappa shape index (κ2) is 11.5. The molecule has 0 bridgehead atoms. The topological polar surface area (TPSA) is 115 Å². The molecule has 4 N–H and O–H groups in total. The fourth-order valence-corrected chi connectivity index (χ4v) is 3.60. The predicted octanol–water partition coefficient (Wildman–Crippen LogP) is 7.37. The van der Waals surface area contributed by atoms with Crippen LogP contribution in [-0.2, 0) is 39.0 Å². The zero-order valence-corrected chi connectivity index (χ0v) is 25.6. The molecule has 0 amide bonds. The molecule has 0 heterocycles. The number of carbonyl (C=O) groups is 2. The van der Waals surface area contributed by atoms with Crippen LogP contribution in [0.25, 0.3) is 0 Å². The van der Waals surface area contributed by atoms with Crippen LogP contribution in [0.3, 0.4) is 0 Å². The van der Waals surface area contributed by atoms with Crippen molar-refractivity contribution in [3.8, 4) is 11.5 Å². The molecule has 0 saturated heterocycles. The summed E-state index contributed by atoms with van der Waals surface area (Å²) in [6, 6.07) is 6.93. The minimum Gasteiger partial charge on any atom is -0.507 e. The number of aromatic hydroxyl groups is 2. The standard InChI is InChI=1S/2C15H22O3.Cr/c2*1-14(2,3)9-7-10(13(17)18)12(16)11(8-9)15(4,5)6;/h2*7-8,16H,1-6H3,(H,17,18);. The minimum absolute atomic E-state index is 0. The molecule has 2 rings (SSSR count). The van der Waals surface area contributed by atoms with E-state index < -0.39 is 11.9 Å². The number of hydrogen-bond acceptors (Lipinski definition) is 4. The second-order valence-electron chi connectivity index (χ2n) is 13.5. The molecule has 0 aliphatic rings. The van der Waals surface area contributed by atoms with Gasteiger partial charge in [-0.15, -0.1) is 0 Å². The van der Waals surface area contributed by atoms with Crippen LogP contribution < -0.4 is 0 Å². The van der Waals surface area contributed by atoms with Crippen LogP contribution >= 0.6 is 0 Å². The van der Waals surface area contributed by atoms with Crippen molar-refractivity contribution in [3.05, 3.63) is 57.6 Å². The summed E-state index contributed by atoms with van der Waals surface area (Å²) in [7, 11) is 0. The molecule has 0 aliphatic heterocycles. The summed E-state index contributed by atoms with van der Waals surface area (Å²) in [6.45, 7) is 23.9. The number of hydrogen-bond donors (Lipinski definition) is 4. The van der Waals surface area contributed by atoms with E-state index in [9.17, 15) is 30.0 Å². The summed E-state index contributed by atoms with van der Waals surface area (Å²) in [5, 5.41) is 38.6. The van der Waals surface area contributed by atoms with Crippen molar-refractivity contribution in [2.45, 2.75) is 105 Å². The van der Waals surface area contributed by atoms with E-state index in [0.29, 0.717) is 11.1 Å². The predicted molar refractivity (Wildman–Crippen MR) is 145 cm³/mol. The molecule has 206 valence electrons. The van der Waals surface area contributed by atoms with Crippen LogP contribution in [0.15, 0.2) is 24.3 Å². The monoisotopic (exact) mass is 552 g/mol. The van der Waals surface area contributed by atoms with Crippen LogP contribution in [0.4, 0.5) is 0 Å². The Labute approximate surface area is 232 Å². The third-order valence-electron chi connectivity index (χ3n) is 6.03. The minimum atomic E-state index is -1.09. The van der Waals surface area contributed by atoms with E-state index in [1.807, 2.05) is 95.2 Å². The van der Waals surface area contributed by atoms with E-state index in [2.05, 4.69) is 0 Å². The maximum absolute atomic E-state index is 11.2. The Morgan fingerprint density at radius 1 is 0.514 bits per heavy atom. The Morgan fingerprint density at radius 3 is 0.919 bits per heavy atom. The van der Waals surface area contributed by atoms with E-state index >= 15 is 0 Å². The third-order valence-corrected chi connectivity index (χ3v) is 6.03. The van der Waals surface area contributed by atoms with Crippen molar-refractivity contribution in [2.75, 3.05) is 0 Å². The summed E-state index contributed by atoms with van der Waals surface area (Å²) < 4.78 is 0. The Balaban J connectivity index is 0.000000682. The molecule has 0 atom stereocenters. The molecule has 0 unspecified atom stereocenters. The summed E-state index contributed by atoms with van der Waals surface area (Å²) >= 11 is 0. The van der Waals surface area contributed by atoms with Crippen molar-refractivity contribution in [1.29, 1.82) is 0 Å². The van der Waals surface area contributed by atoms with Crippen LogP contribution in [0, 0.1) is 0 Å². The van der Waals surface area contributed by atoms with E-state index in [0.717, 1.165) is 11.1 Å². The Bertz CT molecular complexity index is 1050. The molecule has 2 aromatic rings. The summed E-state index contributed by atoms with van der Waals surface area (Å²) in [6.07, 6.45) is 0. The molecule has 6 nitrogen and oxygen atoms in total. The largest absolute Gasteiger partial charge is 0.507 e. The van der Waals surface area contributed by atoms with Gasteiger partial charge in [-0.25, -0.2) is 9.59 Å². The van der Waals surface area contributed by atoms with Crippen molar-refractivity contribution in [1.82, 2.24) is 0 Å². The van der Waals surface area contributed by atoms with Gasteiger partial charge in [0.1, 0.15) is 22.6 Å². The Hall–Kier alpha value is -2.49. The first-order chi connectivity index (χ1) is 15.9. The van der Waals surface area contributed by atoms with Gasteiger partial charge in [0.2, 0.25) is 0 Å². The SMILES string of the molecule is CC(C)(C)c1cc(C(=O)O)c(O)c(C(C)(C)C)c1.CC(C)(C)c1cc(C(=O)O)c(O)c(C(C)(C)C)c1.[Cr]. The van der Waals surface area contributed by atoms with Gasteiger partial charge in [-0.1, -0.05) is 95.2 Å². The van der Waals surface area contributed by atoms with Gasteiger partial charge in [0.15, 0.2) is 0 Å². The van der Waals surface area contributed by atoms with E-state index in [1.165, 1.54) is 0 Å². The van der Waals surface area contributed by atoms with E-state index in [-0.39, 0.29) is 61.6 Å². The van der Waals surface area contributed by atoms with Crippen LogP contribution in [-0.4, -0.2) is 32.4 Å². The quantitative estimate of drug-likeness (QED) is 0.309. The number of carboxylic acid groups (broad SMARTS) is 2. The first-order valence-corrected chi connectivity index (χ1v) is 12.1. The molecule has 0 spiro atoms. The van der Waals surface area contributed by atoms with E-state index in [1.54, 1.807) is 12.1 Å². The average molecular weight is 553 g/mol. The smallest absolute Gasteiger partial charge is 0.339 e. The molecule has 2 aromatic carbocycles. The molecule has 0 saturated carbocycles. The van der Waals surface area contributed by atoms with Crippen molar-refractivity contribution < 1.29 is 47.4 Å². The van der Waals surface area contributed by atoms with Gasteiger partial charge in [0.05, 0.1) is 0 Å². The van der Waals surface area contributed by atoms with Gasteiger partial charge in [-0.3, -0.25) is 0 Å². The fraction of sp³-hybridized carbons (Fsp3) is 0.533. The van der Waals surface area contributed by atoms with Crippen molar-refractivity contribution >= 4 is 11.9 Å². The molecular weight excluding hydrogens is 508 g/mol. The van der Waals surface area contributed by atoms with Gasteiger partial charge >= 0.3 is 11.9 Å². The first kappa shape index (κ1) is 34.5. The maximum atomic E-state index is 11.2. The van der Waals surface area contributed by atoms with Crippen LogP contribution in [0.2, 0.25) is 0 Å². The van der Waals surface area contributed by atoms with Crippen molar-refractivity contribution in [2.24, 2.45) is 0 Å². The molecular formula is C30H44CrO6. The van der Waals surface area contributed by atoms with E-state index in [4.69, 9.17) is 0 Å². The first-order valence-electron chi connectivity index (χ1n) is 12.1. The number of phenols is 2. The van der Waals surface area contributed by atoms with Gasteiger partial charge in [0.25, 0.3) is 0 Å². The summed E-state index contributed by atoms with van der Waals surface area (Å²) in [5.41, 5.74) is 2.24. The fourth-order valence-electron chi connectivity index (χ4n) is 3.60. The van der Waals surface area contributed by atoms with Crippen molar-refractivity contribution in [3.63, 3.8) is 0 Å². The number of benzene rings is 2. The zero-order valence-electron chi connectivity index (χ0n) is 24.3. The van der Waals surface area contributed by atoms with Crippen LogP contribution in [0.5, 0.6) is 11.5 Å². The van der Waals surface area contributed by atoms with Gasteiger partial charge < -0.3 is 20.4 Å². The zero-order chi connectivity index (χ0) is 28.6. The molecule has 37 heavy (non-hydrogen) atoms. The Kier molecular flexibility index (Phi) is 10.7. The van der Waals surface area contributed by atoms with Crippen LogP contribution in [0.1, 0.15) is 126 Å². The maximum Gasteiger partial charge on any atom is 0.339 e. The molecule has 0 aliphatic carbocycles. The number of carboxylic acids is 2. The van der Waals surface area contributed by atoms with Gasteiger partial charge in [-0.05, 0) is 44.9 Å².